The van der Waals surface area contributed by atoms with E-state index < -0.39 is 0 Å². The van der Waals surface area contributed by atoms with Crippen molar-refractivity contribution in [2.45, 2.75) is 72.4 Å². The third kappa shape index (κ3) is 7.05. The van der Waals surface area contributed by atoms with Crippen LogP contribution in [0.15, 0.2) is 0 Å². The normalized spacial score (nSPS) is 23.3. The Bertz CT molecular complexity index is 164. The van der Waals surface area contributed by atoms with Gasteiger partial charge in [0.15, 0.2) is 0 Å². The van der Waals surface area contributed by atoms with Gasteiger partial charge in [-0.15, -0.1) is 0 Å². The fourth-order valence-corrected chi connectivity index (χ4v) is 2.03. The Hall–Kier alpha value is -0.0800. The Labute approximate surface area is 109 Å². The zero-order valence-electron chi connectivity index (χ0n) is 12.8. The second kappa shape index (κ2) is 9.90. The van der Waals surface area contributed by atoms with E-state index in [1.54, 1.807) is 0 Å². The van der Waals surface area contributed by atoms with Crippen molar-refractivity contribution in [3.8, 4) is 0 Å². The van der Waals surface area contributed by atoms with Crippen LogP contribution in [0.4, 0.5) is 0 Å². The number of ether oxygens (including phenoxy) is 1. The highest BCUT2D eigenvalue weighted by atomic mass is 16.5. The van der Waals surface area contributed by atoms with Crippen molar-refractivity contribution in [3.05, 3.63) is 0 Å². The van der Waals surface area contributed by atoms with Crippen molar-refractivity contribution in [2.75, 3.05) is 20.2 Å². The molecule has 1 aliphatic rings. The van der Waals surface area contributed by atoms with Gasteiger partial charge in [0.25, 0.3) is 0 Å². The molecule has 1 fully saturated rings. The summed E-state index contributed by atoms with van der Waals surface area (Å²) >= 11 is 0. The Balaban J connectivity index is 0.00000121. The van der Waals surface area contributed by atoms with E-state index in [0.29, 0.717) is 6.10 Å². The van der Waals surface area contributed by atoms with Crippen LogP contribution in [0.2, 0.25) is 0 Å². The number of hydrogen-bond donors (Lipinski definition) is 0. The minimum absolute atomic E-state index is 0.552. The molecule has 0 N–H and O–H groups in total. The summed E-state index contributed by atoms with van der Waals surface area (Å²) in [7, 11) is 2.21. The molecule has 0 bridgehead atoms. The van der Waals surface area contributed by atoms with Crippen molar-refractivity contribution in [1.29, 1.82) is 0 Å². The molecule has 2 nitrogen and oxygen atoms in total. The molecule has 1 saturated carbocycles. The van der Waals surface area contributed by atoms with Gasteiger partial charge in [-0.2, -0.15) is 0 Å². The van der Waals surface area contributed by atoms with Crippen LogP contribution in [0, 0.1) is 5.92 Å². The summed E-state index contributed by atoms with van der Waals surface area (Å²) in [6.07, 6.45) is 5.56. The fourth-order valence-electron chi connectivity index (χ4n) is 2.03. The molecule has 1 aliphatic carbocycles. The third-order valence-corrected chi connectivity index (χ3v) is 3.47. The van der Waals surface area contributed by atoms with Gasteiger partial charge < -0.3 is 9.64 Å². The maximum Gasteiger partial charge on any atom is 0.0605 e. The number of nitrogens with zero attached hydrogens (tertiary/aromatic N) is 1. The first kappa shape index (κ1) is 16.9. The smallest absolute Gasteiger partial charge is 0.0605 e. The lowest BCUT2D eigenvalue weighted by Gasteiger charge is -2.40. The summed E-state index contributed by atoms with van der Waals surface area (Å²) in [6, 6.07) is 0.782. The largest absolute Gasteiger partial charge is 0.378 e. The Morgan fingerprint density at radius 1 is 1.24 bits per heavy atom. The predicted octanol–water partition coefficient (Wildman–Crippen LogP) is 3.95. The standard InChI is InChI=1S/C13H27NO.C2H6/c1-5-14(4)12-9-13(10-12)15-8-6-7-11(2)3;1-2/h11-13H,5-10H2,1-4H3;1-2H3. The van der Waals surface area contributed by atoms with Gasteiger partial charge in [-0.1, -0.05) is 34.6 Å². The lowest BCUT2D eigenvalue weighted by Crippen LogP contribution is -2.46. The second-order valence-electron chi connectivity index (χ2n) is 5.23. The molecule has 0 saturated heterocycles. The van der Waals surface area contributed by atoms with Crippen molar-refractivity contribution in [1.82, 2.24) is 4.90 Å². The topological polar surface area (TPSA) is 12.5 Å². The van der Waals surface area contributed by atoms with Gasteiger partial charge in [-0.3, -0.25) is 0 Å². The summed E-state index contributed by atoms with van der Waals surface area (Å²) < 4.78 is 5.83. The van der Waals surface area contributed by atoms with E-state index in [4.69, 9.17) is 4.74 Å². The predicted molar refractivity (Wildman–Crippen MR) is 76.5 cm³/mol. The van der Waals surface area contributed by atoms with Gasteiger partial charge >= 0.3 is 0 Å². The van der Waals surface area contributed by atoms with E-state index in [-0.39, 0.29) is 0 Å². The van der Waals surface area contributed by atoms with Crippen LogP contribution < -0.4 is 0 Å². The average molecular weight is 243 g/mol. The molecule has 0 aliphatic heterocycles. The van der Waals surface area contributed by atoms with Crippen LogP contribution in [0.5, 0.6) is 0 Å². The van der Waals surface area contributed by atoms with E-state index in [1.165, 1.54) is 25.7 Å². The third-order valence-electron chi connectivity index (χ3n) is 3.47. The van der Waals surface area contributed by atoms with Crippen molar-refractivity contribution < 1.29 is 4.74 Å². The first-order valence-corrected chi connectivity index (χ1v) is 7.45. The quantitative estimate of drug-likeness (QED) is 0.628. The van der Waals surface area contributed by atoms with E-state index in [0.717, 1.165) is 25.1 Å². The molecule has 0 amide bonds. The minimum atomic E-state index is 0.552. The highest BCUT2D eigenvalue weighted by Gasteiger charge is 2.31. The van der Waals surface area contributed by atoms with Crippen molar-refractivity contribution >= 4 is 0 Å². The molecule has 104 valence electrons. The van der Waals surface area contributed by atoms with E-state index >= 15 is 0 Å². The Morgan fingerprint density at radius 3 is 2.29 bits per heavy atom. The second-order valence-corrected chi connectivity index (χ2v) is 5.23. The number of hydrogen-bond acceptors (Lipinski definition) is 2. The van der Waals surface area contributed by atoms with Gasteiger partial charge in [0.1, 0.15) is 0 Å². The molecule has 0 heterocycles. The molecule has 0 aromatic carbocycles. The Morgan fingerprint density at radius 2 is 1.82 bits per heavy atom. The van der Waals surface area contributed by atoms with Crippen LogP contribution in [0.25, 0.3) is 0 Å². The van der Waals surface area contributed by atoms with Crippen LogP contribution in [0.1, 0.15) is 60.3 Å². The van der Waals surface area contributed by atoms with Crippen molar-refractivity contribution in [3.63, 3.8) is 0 Å². The van der Waals surface area contributed by atoms with E-state index in [2.05, 4.69) is 32.7 Å². The summed E-state index contributed by atoms with van der Waals surface area (Å²) in [4.78, 5) is 2.42. The monoisotopic (exact) mass is 243 g/mol. The van der Waals surface area contributed by atoms with Gasteiger partial charge in [0.2, 0.25) is 0 Å². The maximum atomic E-state index is 5.83. The maximum absolute atomic E-state index is 5.83. The van der Waals surface area contributed by atoms with Gasteiger partial charge in [0.05, 0.1) is 6.10 Å². The first-order chi connectivity index (χ1) is 8.13. The van der Waals surface area contributed by atoms with E-state index in [9.17, 15) is 0 Å². The lowest BCUT2D eigenvalue weighted by molar-refractivity contribution is -0.0455. The molecular formula is C15H33NO. The highest BCUT2D eigenvalue weighted by molar-refractivity contribution is 4.86. The molecule has 0 radical (unpaired) electrons. The molecule has 2 heteroatoms. The molecule has 0 atom stereocenters. The fraction of sp³-hybridized carbons (Fsp3) is 1.00. The molecule has 0 aromatic heterocycles. The molecular weight excluding hydrogens is 210 g/mol. The lowest BCUT2D eigenvalue weighted by atomic mass is 9.88. The summed E-state index contributed by atoms with van der Waals surface area (Å²) in [6.45, 7) is 12.9. The molecule has 1 rings (SSSR count). The van der Waals surface area contributed by atoms with Crippen LogP contribution in [-0.4, -0.2) is 37.2 Å². The zero-order chi connectivity index (χ0) is 13.3. The molecule has 0 aromatic rings. The summed E-state index contributed by atoms with van der Waals surface area (Å²) in [5.41, 5.74) is 0. The zero-order valence-corrected chi connectivity index (χ0v) is 12.8. The van der Waals surface area contributed by atoms with Crippen LogP contribution >= 0.6 is 0 Å². The average Bonchev–Trinajstić information content (AvgIpc) is 2.28. The SMILES string of the molecule is CC.CCN(C)C1CC(OCCCC(C)C)C1. The summed E-state index contributed by atoms with van der Waals surface area (Å²) in [5.74, 6) is 0.814. The number of rotatable bonds is 7. The molecule has 0 unspecified atom stereocenters. The summed E-state index contributed by atoms with van der Waals surface area (Å²) in [5, 5.41) is 0. The highest BCUT2D eigenvalue weighted by Crippen LogP contribution is 2.27. The van der Waals surface area contributed by atoms with Gasteiger partial charge in [-0.05, 0) is 45.2 Å². The van der Waals surface area contributed by atoms with E-state index in [1.807, 2.05) is 13.8 Å². The Kier molecular flexibility index (Phi) is 9.85. The minimum Gasteiger partial charge on any atom is -0.378 e. The van der Waals surface area contributed by atoms with Gasteiger partial charge in [0, 0.05) is 12.6 Å². The van der Waals surface area contributed by atoms with Crippen LogP contribution in [-0.2, 0) is 4.74 Å². The first-order valence-electron chi connectivity index (χ1n) is 7.45. The van der Waals surface area contributed by atoms with Crippen LogP contribution in [0.3, 0.4) is 0 Å². The van der Waals surface area contributed by atoms with Crippen molar-refractivity contribution in [2.24, 2.45) is 5.92 Å². The molecule has 17 heavy (non-hydrogen) atoms. The van der Waals surface area contributed by atoms with Gasteiger partial charge in [-0.25, -0.2) is 0 Å². The molecule has 0 spiro atoms.